The summed E-state index contributed by atoms with van der Waals surface area (Å²) in [5, 5.41) is 2.86. The molecule has 2 aromatic rings. The normalized spacial score (nSPS) is 10.3. The van der Waals surface area contributed by atoms with E-state index in [1.807, 2.05) is 32.0 Å². The predicted molar refractivity (Wildman–Crippen MR) is 67.4 cm³/mol. The van der Waals surface area contributed by atoms with Crippen molar-refractivity contribution in [3.63, 3.8) is 0 Å². The highest BCUT2D eigenvalue weighted by Gasteiger charge is 2.07. The van der Waals surface area contributed by atoms with Gasteiger partial charge in [-0.3, -0.25) is 0 Å². The summed E-state index contributed by atoms with van der Waals surface area (Å²) in [5.74, 6) is 0.911. The van der Waals surface area contributed by atoms with E-state index < -0.39 is 0 Å². The molecule has 0 radical (unpaired) electrons. The zero-order valence-corrected chi connectivity index (χ0v) is 10.3. The van der Waals surface area contributed by atoms with Crippen LogP contribution in [0.15, 0.2) is 28.9 Å². The van der Waals surface area contributed by atoms with Crippen LogP contribution in [0.2, 0.25) is 0 Å². The van der Waals surface area contributed by atoms with E-state index >= 15 is 0 Å². The van der Waals surface area contributed by atoms with E-state index in [2.05, 4.69) is 10.3 Å². The van der Waals surface area contributed by atoms with Gasteiger partial charge < -0.3 is 14.5 Å². The van der Waals surface area contributed by atoms with Gasteiger partial charge in [0.1, 0.15) is 17.7 Å². The van der Waals surface area contributed by atoms with E-state index in [4.69, 9.17) is 9.15 Å². The van der Waals surface area contributed by atoms with Gasteiger partial charge in [0.25, 0.3) is 6.01 Å². The Balaban J connectivity index is 2.30. The average molecular weight is 232 g/mol. The second-order valence-corrected chi connectivity index (χ2v) is 3.70. The Morgan fingerprint density at radius 2 is 2.24 bits per heavy atom. The minimum absolute atomic E-state index is 0.520. The van der Waals surface area contributed by atoms with Crippen molar-refractivity contribution >= 4 is 6.01 Å². The van der Waals surface area contributed by atoms with Crippen molar-refractivity contribution < 1.29 is 9.15 Å². The van der Waals surface area contributed by atoms with Crippen molar-refractivity contribution in [2.24, 2.45) is 0 Å². The zero-order chi connectivity index (χ0) is 12.3. The van der Waals surface area contributed by atoms with Crippen molar-refractivity contribution in [3.8, 4) is 17.0 Å². The molecule has 0 aliphatic carbocycles. The molecule has 4 heteroatoms. The number of rotatable bonds is 4. The summed E-state index contributed by atoms with van der Waals surface area (Å²) in [7, 11) is 1.78. The molecular weight excluding hydrogens is 216 g/mol. The summed E-state index contributed by atoms with van der Waals surface area (Å²) in [6.07, 6.45) is 1.64. The van der Waals surface area contributed by atoms with Gasteiger partial charge in [-0.2, -0.15) is 4.98 Å². The maximum atomic E-state index is 5.50. The van der Waals surface area contributed by atoms with Crippen LogP contribution in [-0.4, -0.2) is 18.6 Å². The molecule has 0 saturated heterocycles. The molecule has 0 saturated carbocycles. The lowest BCUT2D eigenvalue weighted by Crippen LogP contribution is -1.94. The average Bonchev–Trinajstić information content (AvgIpc) is 2.80. The highest BCUT2D eigenvalue weighted by atomic mass is 16.5. The third-order valence-corrected chi connectivity index (χ3v) is 2.49. The van der Waals surface area contributed by atoms with Crippen molar-refractivity contribution in [2.45, 2.75) is 13.8 Å². The van der Waals surface area contributed by atoms with Crippen LogP contribution in [-0.2, 0) is 0 Å². The number of aromatic nitrogens is 1. The monoisotopic (exact) mass is 232 g/mol. The van der Waals surface area contributed by atoms with E-state index in [0.717, 1.165) is 22.6 Å². The molecule has 4 nitrogen and oxygen atoms in total. The Morgan fingerprint density at radius 1 is 1.41 bits per heavy atom. The van der Waals surface area contributed by atoms with Crippen LogP contribution in [0.5, 0.6) is 5.75 Å². The van der Waals surface area contributed by atoms with Crippen LogP contribution in [0, 0.1) is 6.92 Å². The van der Waals surface area contributed by atoms with E-state index in [1.165, 1.54) is 0 Å². The van der Waals surface area contributed by atoms with Gasteiger partial charge in [-0.15, -0.1) is 0 Å². The lowest BCUT2D eigenvalue weighted by atomic mass is 10.1. The third kappa shape index (κ3) is 2.41. The number of hydrogen-bond acceptors (Lipinski definition) is 4. The number of hydrogen-bond donors (Lipinski definition) is 1. The van der Waals surface area contributed by atoms with Gasteiger partial charge in [0.15, 0.2) is 0 Å². The quantitative estimate of drug-likeness (QED) is 0.880. The number of oxazole rings is 1. The molecule has 2 rings (SSSR count). The van der Waals surface area contributed by atoms with Crippen LogP contribution < -0.4 is 10.1 Å². The van der Waals surface area contributed by atoms with Crippen LogP contribution in [0.25, 0.3) is 11.3 Å². The smallest absolute Gasteiger partial charge is 0.294 e. The second-order valence-electron chi connectivity index (χ2n) is 3.70. The van der Waals surface area contributed by atoms with Crippen molar-refractivity contribution in [1.82, 2.24) is 4.98 Å². The first kappa shape index (κ1) is 11.5. The van der Waals surface area contributed by atoms with Crippen LogP contribution in [0.4, 0.5) is 6.01 Å². The molecule has 1 N–H and O–H groups in total. The van der Waals surface area contributed by atoms with E-state index in [1.54, 1.807) is 13.3 Å². The molecule has 0 aliphatic heterocycles. The van der Waals surface area contributed by atoms with E-state index in [0.29, 0.717) is 12.6 Å². The van der Waals surface area contributed by atoms with E-state index in [-0.39, 0.29) is 0 Å². The molecule has 0 fully saturated rings. The van der Waals surface area contributed by atoms with Gasteiger partial charge in [0.2, 0.25) is 0 Å². The van der Waals surface area contributed by atoms with Crippen molar-refractivity contribution in [2.75, 3.05) is 19.0 Å². The first-order valence-electron chi connectivity index (χ1n) is 5.61. The maximum Gasteiger partial charge on any atom is 0.294 e. The van der Waals surface area contributed by atoms with Gasteiger partial charge in [-0.1, -0.05) is 0 Å². The highest BCUT2D eigenvalue weighted by Crippen LogP contribution is 2.26. The fraction of sp³-hybridized carbons (Fsp3) is 0.308. The minimum atomic E-state index is 0.520. The fourth-order valence-electron chi connectivity index (χ4n) is 1.65. The molecule has 1 aromatic heterocycles. The first-order chi connectivity index (χ1) is 8.24. The van der Waals surface area contributed by atoms with Gasteiger partial charge in [0.05, 0.1) is 6.61 Å². The van der Waals surface area contributed by atoms with Crippen LogP contribution >= 0.6 is 0 Å². The summed E-state index contributed by atoms with van der Waals surface area (Å²) in [6, 6.07) is 6.51. The third-order valence-electron chi connectivity index (χ3n) is 2.49. The Hall–Kier alpha value is -1.97. The maximum absolute atomic E-state index is 5.50. The standard InChI is InChI=1S/C13H16N2O2/c1-4-16-12-6-5-10(7-9(12)2)11-8-17-13(14-3)15-11/h5-8H,4H2,1-3H3,(H,14,15). The minimum Gasteiger partial charge on any atom is -0.494 e. The molecular formula is C13H16N2O2. The largest absolute Gasteiger partial charge is 0.494 e. The number of anilines is 1. The van der Waals surface area contributed by atoms with Crippen LogP contribution in [0.1, 0.15) is 12.5 Å². The van der Waals surface area contributed by atoms with Gasteiger partial charge >= 0.3 is 0 Å². The topological polar surface area (TPSA) is 47.3 Å². The fourth-order valence-corrected chi connectivity index (χ4v) is 1.65. The number of aryl methyl sites for hydroxylation is 1. The molecule has 0 amide bonds. The van der Waals surface area contributed by atoms with Gasteiger partial charge in [0, 0.05) is 12.6 Å². The molecule has 0 aliphatic rings. The molecule has 1 heterocycles. The Bertz CT molecular complexity index is 506. The number of nitrogens with one attached hydrogen (secondary N) is 1. The second kappa shape index (κ2) is 4.91. The highest BCUT2D eigenvalue weighted by molar-refractivity contribution is 5.62. The lowest BCUT2D eigenvalue weighted by Gasteiger charge is -2.07. The summed E-state index contributed by atoms with van der Waals surface area (Å²) < 4.78 is 10.7. The molecule has 0 bridgehead atoms. The molecule has 0 spiro atoms. The summed E-state index contributed by atoms with van der Waals surface area (Å²) in [6.45, 7) is 4.67. The van der Waals surface area contributed by atoms with Gasteiger partial charge in [-0.25, -0.2) is 0 Å². The summed E-state index contributed by atoms with van der Waals surface area (Å²) in [4.78, 5) is 4.30. The van der Waals surface area contributed by atoms with Crippen LogP contribution in [0.3, 0.4) is 0 Å². The first-order valence-corrected chi connectivity index (χ1v) is 5.61. The Labute approximate surface area is 101 Å². The molecule has 17 heavy (non-hydrogen) atoms. The predicted octanol–water partition coefficient (Wildman–Crippen LogP) is 3.09. The Kier molecular flexibility index (Phi) is 3.32. The number of nitrogens with zero attached hydrogens (tertiary/aromatic N) is 1. The Morgan fingerprint density at radius 3 is 2.82 bits per heavy atom. The molecule has 0 atom stereocenters. The zero-order valence-electron chi connectivity index (χ0n) is 10.3. The van der Waals surface area contributed by atoms with Gasteiger partial charge in [-0.05, 0) is 37.6 Å². The molecule has 0 unspecified atom stereocenters. The molecule has 1 aromatic carbocycles. The van der Waals surface area contributed by atoms with E-state index in [9.17, 15) is 0 Å². The summed E-state index contributed by atoms with van der Waals surface area (Å²) in [5.41, 5.74) is 2.94. The number of ether oxygens (including phenoxy) is 1. The van der Waals surface area contributed by atoms with Crippen molar-refractivity contribution in [3.05, 3.63) is 30.0 Å². The van der Waals surface area contributed by atoms with Crippen molar-refractivity contribution in [1.29, 1.82) is 0 Å². The lowest BCUT2D eigenvalue weighted by molar-refractivity contribution is 0.338. The summed E-state index contributed by atoms with van der Waals surface area (Å²) >= 11 is 0. The molecule has 90 valence electrons. The number of benzene rings is 1. The SMILES string of the molecule is CCOc1ccc(-c2coc(NC)n2)cc1C.